The highest BCUT2D eigenvalue weighted by atomic mass is 16.3. The summed E-state index contributed by atoms with van der Waals surface area (Å²) in [5.41, 5.74) is 9.00. The molecule has 4 N–H and O–H groups in total. The molecule has 0 saturated heterocycles. The summed E-state index contributed by atoms with van der Waals surface area (Å²) >= 11 is 0. The fourth-order valence-corrected chi connectivity index (χ4v) is 2.82. The topological polar surface area (TPSA) is 58.3 Å². The van der Waals surface area contributed by atoms with E-state index in [9.17, 15) is 5.11 Å². The summed E-state index contributed by atoms with van der Waals surface area (Å²) in [5.74, 6) is 0. The Bertz CT molecular complexity index is 397. The molecule has 18 heavy (non-hydrogen) atoms. The van der Waals surface area contributed by atoms with E-state index >= 15 is 0 Å². The van der Waals surface area contributed by atoms with Crippen molar-refractivity contribution in [3.63, 3.8) is 0 Å². The molecule has 0 unspecified atom stereocenters. The van der Waals surface area contributed by atoms with Gasteiger partial charge >= 0.3 is 0 Å². The molecule has 0 heterocycles. The largest absolute Gasteiger partial charge is 0.397 e. The Kier molecular flexibility index (Phi) is 4.12. The molecule has 1 aromatic rings. The molecule has 0 atom stereocenters. The highest BCUT2D eigenvalue weighted by molar-refractivity contribution is 5.66. The Morgan fingerprint density at radius 3 is 2.61 bits per heavy atom. The zero-order valence-electron chi connectivity index (χ0n) is 11.2. The van der Waals surface area contributed by atoms with Gasteiger partial charge in [-0.1, -0.05) is 25.3 Å². The normalized spacial score (nSPS) is 18.6. The number of nitrogens with two attached hydrogens (primary N) is 1. The molecule has 3 nitrogen and oxygen atoms in total. The van der Waals surface area contributed by atoms with Crippen LogP contribution in [-0.4, -0.2) is 18.3 Å². The van der Waals surface area contributed by atoms with Gasteiger partial charge in [0.05, 0.1) is 18.0 Å². The number of nitrogen functional groups attached to an aromatic ring is 1. The van der Waals surface area contributed by atoms with Crippen molar-refractivity contribution in [2.75, 3.05) is 24.2 Å². The Balaban J connectivity index is 2.01. The zero-order chi connectivity index (χ0) is 13.0. The number of nitrogens with one attached hydrogen (secondary N) is 1. The van der Waals surface area contributed by atoms with E-state index in [1.54, 1.807) is 0 Å². The molecule has 0 bridgehead atoms. The summed E-state index contributed by atoms with van der Waals surface area (Å²) in [6, 6.07) is 6.07. The first-order chi connectivity index (χ1) is 8.65. The van der Waals surface area contributed by atoms with Gasteiger partial charge in [0.2, 0.25) is 0 Å². The van der Waals surface area contributed by atoms with Crippen molar-refractivity contribution < 1.29 is 5.11 Å². The first-order valence-electron chi connectivity index (χ1n) is 6.86. The second-order valence-electron chi connectivity index (χ2n) is 5.66. The van der Waals surface area contributed by atoms with Gasteiger partial charge in [-0.3, -0.25) is 0 Å². The predicted octanol–water partition coefficient (Wildman–Crippen LogP) is 2.93. The van der Waals surface area contributed by atoms with Gasteiger partial charge in [0.1, 0.15) is 0 Å². The molecule has 0 aliphatic heterocycles. The number of aryl methyl sites for hydroxylation is 1. The molecule has 2 rings (SSSR count). The third kappa shape index (κ3) is 2.96. The minimum absolute atomic E-state index is 0.0512. The lowest BCUT2D eigenvalue weighted by Gasteiger charge is -2.36. The van der Waals surface area contributed by atoms with Crippen LogP contribution in [0.15, 0.2) is 18.2 Å². The molecule has 1 aromatic carbocycles. The maximum absolute atomic E-state index is 9.66. The van der Waals surface area contributed by atoms with Gasteiger partial charge in [-0.05, 0) is 37.5 Å². The molecule has 3 heteroatoms. The van der Waals surface area contributed by atoms with Crippen molar-refractivity contribution in [3.8, 4) is 0 Å². The van der Waals surface area contributed by atoms with Gasteiger partial charge in [0, 0.05) is 12.0 Å². The van der Waals surface area contributed by atoms with E-state index in [0.717, 1.165) is 30.8 Å². The van der Waals surface area contributed by atoms with Crippen LogP contribution in [0.25, 0.3) is 0 Å². The van der Waals surface area contributed by atoms with Gasteiger partial charge in [-0.2, -0.15) is 0 Å². The number of aliphatic hydroxyl groups excluding tert-OH is 1. The number of anilines is 2. The van der Waals surface area contributed by atoms with E-state index in [1.807, 2.05) is 19.1 Å². The lowest BCUT2D eigenvalue weighted by molar-refractivity contribution is 0.0944. The smallest absolute Gasteiger partial charge is 0.0574 e. The Hall–Kier alpha value is -1.22. The highest BCUT2D eigenvalue weighted by Gasteiger charge is 2.31. The molecule has 1 aliphatic rings. The van der Waals surface area contributed by atoms with Gasteiger partial charge in [-0.15, -0.1) is 0 Å². The van der Waals surface area contributed by atoms with Crippen molar-refractivity contribution in [1.29, 1.82) is 0 Å². The van der Waals surface area contributed by atoms with Crippen LogP contribution in [0.3, 0.4) is 0 Å². The molecule has 100 valence electrons. The van der Waals surface area contributed by atoms with Crippen molar-refractivity contribution in [3.05, 3.63) is 23.8 Å². The lowest BCUT2D eigenvalue weighted by Crippen LogP contribution is -2.35. The van der Waals surface area contributed by atoms with Crippen LogP contribution in [-0.2, 0) is 0 Å². The quantitative estimate of drug-likeness (QED) is 0.718. The zero-order valence-corrected chi connectivity index (χ0v) is 11.2. The highest BCUT2D eigenvalue weighted by Crippen LogP contribution is 2.36. The number of rotatable bonds is 4. The Labute approximate surface area is 109 Å². The molecule has 0 radical (unpaired) electrons. The molecule has 1 aliphatic carbocycles. The summed E-state index contributed by atoms with van der Waals surface area (Å²) in [4.78, 5) is 0. The molecular weight excluding hydrogens is 224 g/mol. The summed E-state index contributed by atoms with van der Waals surface area (Å²) in [6.45, 7) is 3.12. The minimum Gasteiger partial charge on any atom is -0.397 e. The third-order valence-electron chi connectivity index (χ3n) is 4.11. The first-order valence-corrected chi connectivity index (χ1v) is 6.86. The van der Waals surface area contributed by atoms with Gasteiger partial charge < -0.3 is 16.2 Å². The van der Waals surface area contributed by atoms with E-state index in [4.69, 9.17) is 5.73 Å². The van der Waals surface area contributed by atoms with Crippen LogP contribution in [0.2, 0.25) is 0 Å². The minimum atomic E-state index is 0.0512. The van der Waals surface area contributed by atoms with Crippen LogP contribution >= 0.6 is 0 Å². The van der Waals surface area contributed by atoms with E-state index in [-0.39, 0.29) is 12.0 Å². The number of benzene rings is 1. The van der Waals surface area contributed by atoms with Crippen LogP contribution in [0.1, 0.15) is 37.7 Å². The lowest BCUT2D eigenvalue weighted by atomic mass is 9.74. The number of hydrogen-bond donors (Lipinski definition) is 3. The number of hydrogen-bond acceptors (Lipinski definition) is 3. The van der Waals surface area contributed by atoms with E-state index in [1.165, 1.54) is 24.8 Å². The molecule has 0 amide bonds. The molecule has 1 fully saturated rings. The average molecular weight is 248 g/mol. The maximum Gasteiger partial charge on any atom is 0.0574 e. The van der Waals surface area contributed by atoms with E-state index < -0.39 is 0 Å². The van der Waals surface area contributed by atoms with E-state index in [2.05, 4.69) is 11.4 Å². The summed E-state index contributed by atoms with van der Waals surface area (Å²) in [6.07, 6.45) is 5.98. The second kappa shape index (κ2) is 5.61. The van der Waals surface area contributed by atoms with Crippen molar-refractivity contribution in [2.45, 2.75) is 39.0 Å². The molecule has 0 spiro atoms. The number of aliphatic hydroxyl groups is 1. The maximum atomic E-state index is 9.66. The van der Waals surface area contributed by atoms with Gasteiger partial charge in [0.25, 0.3) is 0 Å². The van der Waals surface area contributed by atoms with Crippen LogP contribution < -0.4 is 11.1 Å². The van der Waals surface area contributed by atoms with E-state index in [0.29, 0.717) is 0 Å². The molecule has 0 aromatic heterocycles. The molecule has 1 saturated carbocycles. The average Bonchev–Trinajstić information content (AvgIpc) is 2.39. The van der Waals surface area contributed by atoms with Gasteiger partial charge in [-0.25, -0.2) is 0 Å². The van der Waals surface area contributed by atoms with Crippen LogP contribution in [0.5, 0.6) is 0 Å². The van der Waals surface area contributed by atoms with Crippen molar-refractivity contribution in [1.82, 2.24) is 0 Å². The van der Waals surface area contributed by atoms with Gasteiger partial charge in [0.15, 0.2) is 0 Å². The Morgan fingerprint density at radius 2 is 2.00 bits per heavy atom. The monoisotopic (exact) mass is 248 g/mol. The molecular formula is C15H24N2O. The van der Waals surface area contributed by atoms with Crippen LogP contribution in [0.4, 0.5) is 11.4 Å². The Morgan fingerprint density at radius 1 is 1.28 bits per heavy atom. The summed E-state index contributed by atoms with van der Waals surface area (Å²) in [7, 11) is 0. The third-order valence-corrected chi connectivity index (χ3v) is 4.11. The fraction of sp³-hybridized carbons (Fsp3) is 0.600. The SMILES string of the molecule is Cc1ccc(NCC2(CO)CCCCC2)c(N)c1. The first kappa shape index (κ1) is 13.2. The van der Waals surface area contributed by atoms with Crippen molar-refractivity contribution >= 4 is 11.4 Å². The standard InChI is InChI=1S/C15H24N2O/c1-12-5-6-14(13(16)9-12)17-10-15(11-18)7-3-2-4-8-15/h5-6,9,17-18H,2-4,7-8,10-11,16H2,1H3. The fourth-order valence-electron chi connectivity index (χ4n) is 2.82. The summed E-state index contributed by atoms with van der Waals surface area (Å²) < 4.78 is 0. The summed E-state index contributed by atoms with van der Waals surface area (Å²) in [5, 5.41) is 13.1. The van der Waals surface area contributed by atoms with Crippen molar-refractivity contribution in [2.24, 2.45) is 5.41 Å². The van der Waals surface area contributed by atoms with Crippen LogP contribution in [0, 0.1) is 12.3 Å². The second-order valence-corrected chi connectivity index (χ2v) is 5.66. The predicted molar refractivity (Wildman–Crippen MR) is 76.7 cm³/mol.